The van der Waals surface area contributed by atoms with Gasteiger partial charge in [-0.15, -0.1) is 0 Å². The molecule has 0 aliphatic heterocycles. The van der Waals surface area contributed by atoms with Gasteiger partial charge in [-0.2, -0.15) is 0 Å². The summed E-state index contributed by atoms with van der Waals surface area (Å²) in [5, 5.41) is 9.35. The largest absolute Gasteiger partial charge is 0.392 e. The van der Waals surface area contributed by atoms with Crippen LogP contribution in [0.4, 0.5) is 8.78 Å². The number of aliphatic hydroxyl groups is 1. The standard InChI is InChI=1S/C13H9ClF2OS/c14-9-2-1-3-10(6-9)18-13-11(15)4-8(7-17)5-12(13)16/h1-6,17H,7H2. The highest BCUT2D eigenvalue weighted by atomic mass is 35.5. The first-order valence-electron chi connectivity index (χ1n) is 5.12. The minimum absolute atomic E-state index is 0.102. The molecule has 2 rings (SSSR count). The fourth-order valence-corrected chi connectivity index (χ4v) is 2.59. The molecule has 0 saturated carbocycles. The van der Waals surface area contributed by atoms with Gasteiger partial charge < -0.3 is 5.11 Å². The fourth-order valence-electron chi connectivity index (χ4n) is 1.45. The summed E-state index contributed by atoms with van der Waals surface area (Å²) >= 11 is 6.76. The predicted molar refractivity (Wildman–Crippen MR) is 67.9 cm³/mol. The zero-order valence-electron chi connectivity index (χ0n) is 9.16. The van der Waals surface area contributed by atoms with Crippen molar-refractivity contribution < 1.29 is 13.9 Å². The van der Waals surface area contributed by atoms with E-state index in [-0.39, 0.29) is 10.5 Å². The zero-order chi connectivity index (χ0) is 13.1. The summed E-state index contributed by atoms with van der Waals surface area (Å²) in [7, 11) is 0. The van der Waals surface area contributed by atoms with Crippen LogP contribution < -0.4 is 0 Å². The van der Waals surface area contributed by atoms with Crippen LogP contribution in [0.5, 0.6) is 0 Å². The number of benzene rings is 2. The van der Waals surface area contributed by atoms with Crippen molar-refractivity contribution in [3.05, 3.63) is 58.6 Å². The van der Waals surface area contributed by atoms with Gasteiger partial charge in [0.2, 0.25) is 0 Å². The summed E-state index contributed by atoms with van der Waals surface area (Å²) in [6, 6.07) is 8.99. The van der Waals surface area contributed by atoms with Crippen molar-refractivity contribution in [1.29, 1.82) is 0 Å². The van der Waals surface area contributed by atoms with E-state index in [1.807, 2.05) is 0 Å². The Labute approximate surface area is 112 Å². The first kappa shape index (κ1) is 13.3. The Kier molecular flexibility index (Phi) is 4.22. The number of rotatable bonds is 3. The van der Waals surface area contributed by atoms with E-state index < -0.39 is 18.2 Å². The average molecular weight is 287 g/mol. The molecule has 0 amide bonds. The normalized spacial score (nSPS) is 10.7. The lowest BCUT2D eigenvalue weighted by Crippen LogP contribution is -1.93. The van der Waals surface area contributed by atoms with Gasteiger partial charge in [0.05, 0.1) is 11.5 Å². The van der Waals surface area contributed by atoms with Crippen molar-refractivity contribution in [1.82, 2.24) is 0 Å². The maximum absolute atomic E-state index is 13.7. The first-order valence-corrected chi connectivity index (χ1v) is 6.32. The fraction of sp³-hybridized carbons (Fsp3) is 0.0769. The van der Waals surface area contributed by atoms with Gasteiger partial charge in [-0.1, -0.05) is 29.4 Å². The van der Waals surface area contributed by atoms with Crippen LogP contribution in [0.15, 0.2) is 46.2 Å². The molecule has 0 heterocycles. The molecule has 2 aromatic rings. The number of hydrogen-bond donors (Lipinski definition) is 1. The molecule has 18 heavy (non-hydrogen) atoms. The molecule has 0 radical (unpaired) electrons. The molecule has 94 valence electrons. The maximum Gasteiger partial charge on any atom is 0.140 e. The van der Waals surface area contributed by atoms with Crippen molar-refractivity contribution in [2.45, 2.75) is 16.4 Å². The van der Waals surface area contributed by atoms with E-state index in [0.29, 0.717) is 9.92 Å². The van der Waals surface area contributed by atoms with Crippen LogP contribution in [0.3, 0.4) is 0 Å². The van der Waals surface area contributed by atoms with Crippen LogP contribution in [-0.2, 0) is 6.61 Å². The van der Waals surface area contributed by atoms with Crippen molar-refractivity contribution in [2.24, 2.45) is 0 Å². The van der Waals surface area contributed by atoms with Crippen LogP contribution >= 0.6 is 23.4 Å². The zero-order valence-corrected chi connectivity index (χ0v) is 10.7. The second-order valence-electron chi connectivity index (χ2n) is 3.61. The summed E-state index contributed by atoms with van der Waals surface area (Å²) in [6.45, 7) is -0.393. The number of halogens is 3. The lowest BCUT2D eigenvalue weighted by atomic mass is 10.2. The van der Waals surface area contributed by atoms with Crippen molar-refractivity contribution in [2.75, 3.05) is 0 Å². The minimum atomic E-state index is -0.691. The van der Waals surface area contributed by atoms with E-state index >= 15 is 0 Å². The van der Waals surface area contributed by atoms with Gasteiger partial charge >= 0.3 is 0 Å². The molecule has 0 bridgehead atoms. The van der Waals surface area contributed by atoms with Gasteiger partial charge in [0.1, 0.15) is 11.6 Å². The molecular weight excluding hydrogens is 278 g/mol. The van der Waals surface area contributed by atoms with E-state index in [0.717, 1.165) is 23.9 Å². The summed E-state index contributed by atoms with van der Waals surface area (Å²) in [4.78, 5) is 0.548. The summed E-state index contributed by atoms with van der Waals surface area (Å²) in [5.74, 6) is -1.38. The molecule has 0 saturated heterocycles. The highest BCUT2D eigenvalue weighted by molar-refractivity contribution is 7.99. The Morgan fingerprint density at radius 3 is 2.33 bits per heavy atom. The molecule has 1 N–H and O–H groups in total. The summed E-state index contributed by atoms with van der Waals surface area (Å²) in [5.41, 5.74) is 0.209. The van der Waals surface area contributed by atoms with E-state index in [4.69, 9.17) is 16.7 Å². The Morgan fingerprint density at radius 1 is 1.11 bits per heavy atom. The van der Waals surface area contributed by atoms with Crippen LogP contribution in [0.2, 0.25) is 5.02 Å². The third-order valence-electron chi connectivity index (χ3n) is 2.26. The molecule has 0 unspecified atom stereocenters. The number of aliphatic hydroxyl groups excluding tert-OH is 1. The Bertz CT molecular complexity index is 552. The van der Waals surface area contributed by atoms with E-state index in [1.165, 1.54) is 0 Å². The molecule has 5 heteroatoms. The lowest BCUT2D eigenvalue weighted by Gasteiger charge is -2.07. The Balaban J connectivity index is 2.35. The van der Waals surface area contributed by atoms with E-state index in [9.17, 15) is 8.78 Å². The summed E-state index contributed by atoms with van der Waals surface area (Å²) in [6.07, 6.45) is 0. The smallest absolute Gasteiger partial charge is 0.140 e. The van der Waals surface area contributed by atoms with Crippen molar-refractivity contribution in [3.63, 3.8) is 0 Å². The molecule has 0 atom stereocenters. The quantitative estimate of drug-likeness (QED) is 0.910. The van der Waals surface area contributed by atoms with Gasteiger partial charge in [-0.25, -0.2) is 8.78 Å². The van der Waals surface area contributed by atoms with Gasteiger partial charge in [0, 0.05) is 9.92 Å². The third-order valence-corrected chi connectivity index (χ3v) is 3.58. The van der Waals surface area contributed by atoms with Crippen LogP contribution in [-0.4, -0.2) is 5.11 Å². The second kappa shape index (κ2) is 5.69. The molecule has 0 spiro atoms. The Hall–Kier alpha value is -1.10. The van der Waals surface area contributed by atoms with Crippen LogP contribution in [0.25, 0.3) is 0 Å². The molecule has 1 nitrogen and oxygen atoms in total. The molecular formula is C13H9ClF2OS. The topological polar surface area (TPSA) is 20.2 Å². The third kappa shape index (κ3) is 3.02. The summed E-state index contributed by atoms with van der Waals surface area (Å²) < 4.78 is 27.4. The SMILES string of the molecule is OCc1cc(F)c(Sc2cccc(Cl)c2)c(F)c1. The van der Waals surface area contributed by atoms with Gasteiger partial charge in [-0.3, -0.25) is 0 Å². The van der Waals surface area contributed by atoms with Crippen LogP contribution in [0.1, 0.15) is 5.56 Å². The highest BCUT2D eigenvalue weighted by Crippen LogP contribution is 2.33. The molecule has 2 aromatic carbocycles. The molecule has 0 aliphatic rings. The molecule has 0 fully saturated rings. The molecule has 0 aromatic heterocycles. The monoisotopic (exact) mass is 286 g/mol. The predicted octanol–water partition coefficient (Wildman–Crippen LogP) is 4.26. The molecule has 0 aliphatic carbocycles. The van der Waals surface area contributed by atoms with E-state index in [1.54, 1.807) is 24.3 Å². The number of hydrogen-bond acceptors (Lipinski definition) is 2. The van der Waals surface area contributed by atoms with Crippen molar-refractivity contribution >= 4 is 23.4 Å². The van der Waals surface area contributed by atoms with E-state index in [2.05, 4.69) is 0 Å². The van der Waals surface area contributed by atoms with Gasteiger partial charge in [-0.05, 0) is 35.9 Å². The first-order chi connectivity index (χ1) is 8.60. The maximum atomic E-state index is 13.7. The highest BCUT2D eigenvalue weighted by Gasteiger charge is 2.12. The lowest BCUT2D eigenvalue weighted by molar-refractivity contribution is 0.280. The van der Waals surface area contributed by atoms with Crippen molar-refractivity contribution in [3.8, 4) is 0 Å². The van der Waals surface area contributed by atoms with Gasteiger partial charge in [0.15, 0.2) is 0 Å². The minimum Gasteiger partial charge on any atom is -0.392 e. The Morgan fingerprint density at radius 2 is 1.78 bits per heavy atom. The van der Waals surface area contributed by atoms with Crippen LogP contribution in [0, 0.1) is 11.6 Å². The second-order valence-corrected chi connectivity index (χ2v) is 5.13. The van der Waals surface area contributed by atoms with Gasteiger partial charge in [0.25, 0.3) is 0 Å². The average Bonchev–Trinajstić information content (AvgIpc) is 2.33.